The molecule has 0 spiro atoms. The normalized spacial score (nSPS) is 16.9. The van der Waals surface area contributed by atoms with E-state index in [2.05, 4.69) is 37.5 Å². The predicted octanol–water partition coefficient (Wildman–Crippen LogP) is 3.11. The Hall–Kier alpha value is -0.820. The zero-order valence-corrected chi connectivity index (χ0v) is 10.6. The summed E-state index contributed by atoms with van der Waals surface area (Å²) in [5.74, 6) is 0. The van der Waals surface area contributed by atoms with Gasteiger partial charge in [0.15, 0.2) is 0 Å². The molecule has 0 heterocycles. The van der Waals surface area contributed by atoms with E-state index in [1.807, 2.05) is 0 Å². The second-order valence-corrected chi connectivity index (χ2v) is 4.91. The average Bonchev–Trinajstić information content (AvgIpc) is 2.35. The number of nitrogens with one attached hydrogen (secondary N) is 1. The molecule has 88 valence electrons. The Kier molecular flexibility index (Phi) is 4.00. The molecule has 0 aliphatic heterocycles. The maximum absolute atomic E-state index is 3.38. The highest BCUT2D eigenvalue weighted by atomic mass is 14.9. The first kappa shape index (κ1) is 11.7. The monoisotopic (exact) mass is 217 g/mol. The molecule has 1 aromatic carbocycles. The molecular weight excluding hydrogens is 194 g/mol. The average molecular weight is 217 g/mol. The highest BCUT2D eigenvalue weighted by molar-refractivity contribution is 5.34. The number of rotatable bonds is 4. The zero-order chi connectivity index (χ0) is 11.4. The Morgan fingerprint density at radius 1 is 1.19 bits per heavy atom. The fourth-order valence-electron chi connectivity index (χ4n) is 2.65. The van der Waals surface area contributed by atoms with Gasteiger partial charge in [-0.25, -0.2) is 0 Å². The lowest BCUT2D eigenvalue weighted by molar-refractivity contribution is 0.542. The summed E-state index contributed by atoms with van der Waals surface area (Å²) in [7, 11) is 2.06. The van der Waals surface area contributed by atoms with Gasteiger partial charge in [-0.1, -0.05) is 25.1 Å². The lowest BCUT2D eigenvalue weighted by Gasteiger charge is -2.19. The highest BCUT2D eigenvalue weighted by Crippen LogP contribution is 2.22. The van der Waals surface area contributed by atoms with Gasteiger partial charge in [-0.05, 0) is 62.3 Å². The first-order valence-corrected chi connectivity index (χ1v) is 6.61. The van der Waals surface area contributed by atoms with E-state index in [9.17, 15) is 0 Å². The van der Waals surface area contributed by atoms with Crippen LogP contribution in [0.3, 0.4) is 0 Å². The van der Waals surface area contributed by atoms with Crippen molar-refractivity contribution in [2.75, 3.05) is 7.05 Å². The smallest absolute Gasteiger partial charge is 0.0102 e. The highest BCUT2D eigenvalue weighted by Gasteiger charge is 2.11. The number of fused-ring (bicyclic) bond motifs is 1. The molecule has 1 aromatic rings. The third-order valence-electron chi connectivity index (χ3n) is 3.80. The van der Waals surface area contributed by atoms with E-state index >= 15 is 0 Å². The van der Waals surface area contributed by atoms with Crippen LogP contribution in [0.25, 0.3) is 0 Å². The van der Waals surface area contributed by atoms with Crippen molar-refractivity contribution < 1.29 is 0 Å². The van der Waals surface area contributed by atoms with E-state index in [1.165, 1.54) is 44.1 Å². The molecule has 0 bridgehead atoms. The molecule has 1 aliphatic rings. The largest absolute Gasteiger partial charge is 0.317 e. The SMILES string of the molecule is CCC(Cc1ccc2c(c1)CCCC2)NC. The van der Waals surface area contributed by atoms with E-state index < -0.39 is 0 Å². The Labute approximate surface area is 99.3 Å². The van der Waals surface area contributed by atoms with Crippen LogP contribution in [0.2, 0.25) is 0 Å². The molecule has 0 amide bonds. The van der Waals surface area contributed by atoms with Crippen molar-refractivity contribution in [3.05, 3.63) is 34.9 Å². The molecule has 1 atom stereocenters. The number of aryl methyl sites for hydroxylation is 2. The third-order valence-corrected chi connectivity index (χ3v) is 3.80. The van der Waals surface area contributed by atoms with Gasteiger partial charge in [-0.15, -0.1) is 0 Å². The van der Waals surface area contributed by atoms with Crippen LogP contribution in [-0.4, -0.2) is 13.1 Å². The van der Waals surface area contributed by atoms with E-state index in [4.69, 9.17) is 0 Å². The van der Waals surface area contributed by atoms with Gasteiger partial charge in [-0.3, -0.25) is 0 Å². The van der Waals surface area contributed by atoms with Gasteiger partial charge >= 0.3 is 0 Å². The van der Waals surface area contributed by atoms with Crippen molar-refractivity contribution in [3.8, 4) is 0 Å². The molecule has 1 N–H and O–H groups in total. The summed E-state index contributed by atoms with van der Waals surface area (Å²) in [6.07, 6.45) is 7.70. The molecule has 0 saturated carbocycles. The minimum absolute atomic E-state index is 0.627. The fraction of sp³-hybridized carbons (Fsp3) is 0.600. The maximum Gasteiger partial charge on any atom is 0.0102 e. The van der Waals surface area contributed by atoms with Crippen LogP contribution in [0.4, 0.5) is 0 Å². The molecule has 0 radical (unpaired) electrons. The van der Waals surface area contributed by atoms with Crippen molar-refractivity contribution in [3.63, 3.8) is 0 Å². The van der Waals surface area contributed by atoms with Crippen molar-refractivity contribution in [2.45, 2.75) is 51.5 Å². The van der Waals surface area contributed by atoms with Gasteiger partial charge in [0, 0.05) is 6.04 Å². The van der Waals surface area contributed by atoms with Gasteiger partial charge in [0.05, 0.1) is 0 Å². The minimum atomic E-state index is 0.627. The van der Waals surface area contributed by atoms with Gasteiger partial charge in [0.2, 0.25) is 0 Å². The Bertz CT molecular complexity index is 339. The van der Waals surface area contributed by atoms with Crippen molar-refractivity contribution in [1.29, 1.82) is 0 Å². The number of hydrogen-bond acceptors (Lipinski definition) is 1. The van der Waals surface area contributed by atoms with Crippen LogP contribution in [0.15, 0.2) is 18.2 Å². The molecule has 1 heteroatoms. The van der Waals surface area contributed by atoms with Crippen LogP contribution in [0.1, 0.15) is 42.9 Å². The van der Waals surface area contributed by atoms with Gasteiger partial charge in [-0.2, -0.15) is 0 Å². The summed E-state index contributed by atoms with van der Waals surface area (Å²) in [5.41, 5.74) is 4.70. The molecule has 1 nitrogen and oxygen atoms in total. The second kappa shape index (κ2) is 5.49. The molecule has 0 fully saturated rings. The van der Waals surface area contributed by atoms with Gasteiger partial charge in [0.1, 0.15) is 0 Å². The van der Waals surface area contributed by atoms with Crippen LogP contribution in [0.5, 0.6) is 0 Å². The maximum atomic E-state index is 3.38. The molecular formula is C15H23N. The number of hydrogen-bond donors (Lipinski definition) is 1. The Balaban J connectivity index is 2.10. The third kappa shape index (κ3) is 2.65. The summed E-state index contributed by atoms with van der Waals surface area (Å²) >= 11 is 0. The summed E-state index contributed by atoms with van der Waals surface area (Å²) in [6, 6.07) is 7.74. The molecule has 2 rings (SSSR count). The fourth-order valence-corrected chi connectivity index (χ4v) is 2.65. The Morgan fingerprint density at radius 3 is 2.62 bits per heavy atom. The van der Waals surface area contributed by atoms with Crippen LogP contribution < -0.4 is 5.32 Å². The van der Waals surface area contributed by atoms with E-state index in [1.54, 1.807) is 11.1 Å². The molecule has 1 unspecified atom stereocenters. The van der Waals surface area contributed by atoms with Crippen molar-refractivity contribution in [2.24, 2.45) is 0 Å². The lowest BCUT2D eigenvalue weighted by Crippen LogP contribution is -2.26. The van der Waals surface area contributed by atoms with E-state index in [-0.39, 0.29) is 0 Å². The topological polar surface area (TPSA) is 12.0 Å². The van der Waals surface area contributed by atoms with Crippen LogP contribution in [-0.2, 0) is 19.3 Å². The second-order valence-electron chi connectivity index (χ2n) is 4.91. The van der Waals surface area contributed by atoms with Crippen molar-refractivity contribution >= 4 is 0 Å². The molecule has 0 aromatic heterocycles. The summed E-state index contributed by atoms with van der Waals surface area (Å²) in [6.45, 7) is 2.25. The Morgan fingerprint density at radius 2 is 1.94 bits per heavy atom. The first-order valence-electron chi connectivity index (χ1n) is 6.61. The van der Waals surface area contributed by atoms with Crippen LogP contribution >= 0.6 is 0 Å². The lowest BCUT2D eigenvalue weighted by atomic mass is 9.89. The molecule has 0 saturated heterocycles. The van der Waals surface area contributed by atoms with Crippen molar-refractivity contribution in [1.82, 2.24) is 5.32 Å². The number of benzene rings is 1. The predicted molar refractivity (Wildman–Crippen MR) is 69.9 cm³/mol. The zero-order valence-electron chi connectivity index (χ0n) is 10.6. The van der Waals surface area contributed by atoms with E-state index in [0.29, 0.717) is 6.04 Å². The van der Waals surface area contributed by atoms with Gasteiger partial charge < -0.3 is 5.32 Å². The summed E-state index contributed by atoms with van der Waals surface area (Å²) in [4.78, 5) is 0. The number of likely N-dealkylation sites (N-methyl/N-ethyl adjacent to an activating group) is 1. The summed E-state index contributed by atoms with van der Waals surface area (Å²) < 4.78 is 0. The van der Waals surface area contributed by atoms with Crippen LogP contribution in [0, 0.1) is 0 Å². The quantitative estimate of drug-likeness (QED) is 0.817. The van der Waals surface area contributed by atoms with E-state index in [0.717, 1.165) is 0 Å². The standard InChI is InChI=1S/C15H23N/c1-3-15(16-2)11-12-8-9-13-6-4-5-7-14(13)10-12/h8-10,15-16H,3-7,11H2,1-2H3. The first-order chi connectivity index (χ1) is 7.83. The molecule has 1 aliphatic carbocycles. The summed E-state index contributed by atoms with van der Waals surface area (Å²) in [5, 5.41) is 3.38. The van der Waals surface area contributed by atoms with Gasteiger partial charge in [0.25, 0.3) is 0 Å². The molecule has 16 heavy (non-hydrogen) atoms. The minimum Gasteiger partial charge on any atom is -0.317 e.